The van der Waals surface area contributed by atoms with E-state index in [1.165, 1.54) is 25.7 Å². The molecule has 0 aliphatic heterocycles. The normalized spacial score (nSPS) is 29.8. The van der Waals surface area contributed by atoms with Crippen LogP contribution in [0.1, 0.15) is 43.1 Å². The van der Waals surface area contributed by atoms with Crippen LogP contribution in [0.4, 0.5) is 0 Å². The standard InChI is InChI=1S/C14H20N2O2/c1-3-16-13(11(18-2)8-15-16)14(17)12-9-6-4-5-7-10(9)12/h8-10,12H,3-7H2,1-2H3. The van der Waals surface area contributed by atoms with Crippen LogP contribution in [0.3, 0.4) is 0 Å². The maximum absolute atomic E-state index is 12.7. The molecular weight excluding hydrogens is 228 g/mol. The number of rotatable bonds is 4. The zero-order valence-electron chi connectivity index (χ0n) is 11.1. The smallest absolute Gasteiger partial charge is 0.188 e. The molecule has 1 aromatic heterocycles. The van der Waals surface area contributed by atoms with E-state index in [1.807, 2.05) is 6.92 Å². The Morgan fingerprint density at radius 1 is 1.44 bits per heavy atom. The quantitative estimate of drug-likeness (QED) is 0.769. The Hall–Kier alpha value is -1.32. The van der Waals surface area contributed by atoms with Gasteiger partial charge in [0.15, 0.2) is 11.5 Å². The van der Waals surface area contributed by atoms with Crippen LogP contribution in [-0.4, -0.2) is 22.7 Å². The first kappa shape index (κ1) is 11.8. The molecular formula is C14H20N2O2. The zero-order valence-corrected chi connectivity index (χ0v) is 11.1. The minimum atomic E-state index is 0.239. The number of carbonyl (C=O) groups excluding carboxylic acids is 1. The fourth-order valence-corrected chi connectivity index (χ4v) is 3.55. The van der Waals surface area contributed by atoms with E-state index in [-0.39, 0.29) is 11.7 Å². The lowest BCUT2D eigenvalue weighted by atomic mass is 10.0. The van der Waals surface area contributed by atoms with E-state index in [0.29, 0.717) is 29.8 Å². The van der Waals surface area contributed by atoms with Crippen molar-refractivity contribution < 1.29 is 9.53 Å². The number of Topliss-reactive ketones (excluding diaryl/α,β-unsaturated/α-hetero) is 1. The van der Waals surface area contributed by atoms with Crippen LogP contribution < -0.4 is 4.74 Å². The fraction of sp³-hybridized carbons (Fsp3) is 0.714. The number of aryl methyl sites for hydroxylation is 1. The van der Waals surface area contributed by atoms with Crippen LogP contribution >= 0.6 is 0 Å². The van der Waals surface area contributed by atoms with Crippen molar-refractivity contribution in [1.82, 2.24) is 9.78 Å². The van der Waals surface area contributed by atoms with Gasteiger partial charge in [0.05, 0.1) is 13.3 Å². The molecule has 4 heteroatoms. The molecule has 2 unspecified atom stereocenters. The van der Waals surface area contributed by atoms with Crippen molar-refractivity contribution >= 4 is 5.78 Å². The summed E-state index contributed by atoms with van der Waals surface area (Å²) in [4.78, 5) is 12.7. The van der Waals surface area contributed by atoms with Crippen LogP contribution in [0.5, 0.6) is 5.75 Å². The number of hydrogen-bond acceptors (Lipinski definition) is 3. The Morgan fingerprint density at radius 2 is 2.11 bits per heavy atom. The number of ketones is 1. The summed E-state index contributed by atoms with van der Waals surface area (Å²) in [7, 11) is 1.60. The second kappa shape index (κ2) is 4.41. The molecule has 0 aromatic carbocycles. The summed E-state index contributed by atoms with van der Waals surface area (Å²) >= 11 is 0. The maximum Gasteiger partial charge on any atom is 0.188 e. The van der Waals surface area contributed by atoms with E-state index >= 15 is 0 Å². The average Bonchev–Trinajstić information content (AvgIpc) is 2.98. The van der Waals surface area contributed by atoms with Gasteiger partial charge in [-0.15, -0.1) is 0 Å². The van der Waals surface area contributed by atoms with E-state index in [2.05, 4.69) is 5.10 Å². The second-order valence-electron chi connectivity index (χ2n) is 5.38. The van der Waals surface area contributed by atoms with E-state index in [9.17, 15) is 4.79 Å². The minimum Gasteiger partial charge on any atom is -0.493 e. The Labute approximate surface area is 107 Å². The van der Waals surface area contributed by atoms with Gasteiger partial charge in [-0.3, -0.25) is 9.48 Å². The Kier molecular flexibility index (Phi) is 2.88. The Morgan fingerprint density at radius 3 is 2.67 bits per heavy atom. The van der Waals surface area contributed by atoms with Gasteiger partial charge >= 0.3 is 0 Å². The minimum absolute atomic E-state index is 0.239. The van der Waals surface area contributed by atoms with Crippen molar-refractivity contribution in [3.8, 4) is 5.75 Å². The van der Waals surface area contributed by atoms with Gasteiger partial charge in [-0.2, -0.15) is 5.10 Å². The van der Waals surface area contributed by atoms with E-state index in [4.69, 9.17) is 4.74 Å². The molecule has 2 saturated carbocycles. The molecule has 0 amide bonds. The summed E-state index contributed by atoms with van der Waals surface area (Å²) in [6.07, 6.45) is 6.68. The summed E-state index contributed by atoms with van der Waals surface area (Å²) in [5.74, 6) is 2.39. The molecule has 1 aromatic rings. The highest BCUT2D eigenvalue weighted by Crippen LogP contribution is 2.56. The fourth-order valence-electron chi connectivity index (χ4n) is 3.55. The lowest BCUT2D eigenvalue weighted by Crippen LogP contribution is -2.13. The van der Waals surface area contributed by atoms with Crippen LogP contribution in [0.15, 0.2) is 6.20 Å². The first-order valence-corrected chi connectivity index (χ1v) is 6.92. The Balaban J connectivity index is 1.86. The zero-order chi connectivity index (χ0) is 12.7. The lowest BCUT2D eigenvalue weighted by molar-refractivity contribution is 0.0942. The van der Waals surface area contributed by atoms with Crippen molar-refractivity contribution in [3.63, 3.8) is 0 Å². The molecule has 18 heavy (non-hydrogen) atoms. The van der Waals surface area contributed by atoms with Gasteiger partial charge in [0.1, 0.15) is 5.69 Å². The number of carbonyl (C=O) groups is 1. The third kappa shape index (κ3) is 1.66. The van der Waals surface area contributed by atoms with Gasteiger partial charge in [0.2, 0.25) is 0 Å². The molecule has 3 rings (SSSR count). The van der Waals surface area contributed by atoms with Crippen molar-refractivity contribution in [1.29, 1.82) is 0 Å². The largest absolute Gasteiger partial charge is 0.493 e. The van der Waals surface area contributed by atoms with Crippen molar-refractivity contribution in [2.24, 2.45) is 17.8 Å². The molecule has 2 atom stereocenters. The molecule has 0 bridgehead atoms. The molecule has 0 spiro atoms. The topological polar surface area (TPSA) is 44.1 Å². The van der Waals surface area contributed by atoms with Gasteiger partial charge in [-0.25, -0.2) is 0 Å². The van der Waals surface area contributed by atoms with Crippen LogP contribution in [0.2, 0.25) is 0 Å². The summed E-state index contributed by atoms with van der Waals surface area (Å²) < 4.78 is 7.05. The highest BCUT2D eigenvalue weighted by molar-refractivity contribution is 6.00. The molecule has 0 radical (unpaired) electrons. The van der Waals surface area contributed by atoms with Crippen LogP contribution in [-0.2, 0) is 6.54 Å². The van der Waals surface area contributed by atoms with Gasteiger partial charge in [0, 0.05) is 12.5 Å². The molecule has 2 aliphatic carbocycles. The third-order valence-electron chi connectivity index (χ3n) is 4.52. The Bertz CT molecular complexity index is 433. The number of hydrogen-bond donors (Lipinski definition) is 0. The van der Waals surface area contributed by atoms with Crippen molar-refractivity contribution in [2.45, 2.75) is 39.2 Å². The molecule has 2 aliphatic rings. The van der Waals surface area contributed by atoms with Gasteiger partial charge in [-0.1, -0.05) is 12.8 Å². The first-order chi connectivity index (χ1) is 8.77. The molecule has 1 heterocycles. The predicted octanol–water partition coefficient (Wildman–Crippen LogP) is 2.53. The molecule has 98 valence electrons. The van der Waals surface area contributed by atoms with Crippen molar-refractivity contribution in [2.75, 3.05) is 7.11 Å². The predicted molar refractivity (Wildman–Crippen MR) is 67.7 cm³/mol. The number of fused-ring (bicyclic) bond motifs is 1. The highest BCUT2D eigenvalue weighted by atomic mass is 16.5. The number of ether oxygens (including phenoxy) is 1. The monoisotopic (exact) mass is 248 g/mol. The summed E-state index contributed by atoms with van der Waals surface area (Å²) in [6, 6.07) is 0. The van der Waals surface area contributed by atoms with E-state index in [0.717, 1.165) is 0 Å². The SMILES string of the molecule is CCn1ncc(OC)c1C(=O)C1C2CCCCC21. The molecule has 2 fully saturated rings. The number of nitrogens with zero attached hydrogens (tertiary/aromatic N) is 2. The van der Waals surface area contributed by atoms with Gasteiger partial charge in [0.25, 0.3) is 0 Å². The van der Waals surface area contributed by atoms with Crippen LogP contribution in [0.25, 0.3) is 0 Å². The second-order valence-corrected chi connectivity index (χ2v) is 5.38. The molecule has 0 N–H and O–H groups in total. The number of aromatic nitrogens is 2. The van der Waals surface area contributed by atoms with Gasteiger partial charge in [-0.05, 0) is 31.6 Å². The molecule has 4 nitrogen and oxygen atoms in total. The summed E-state index contributed by atoms with van der Waals surface area (Å²) in [5, 5.41) is 4.22. The molecule has 0 saturated heterocycles. The first-order valence-electron chi connectivity index (χ1n) is 6.92. The van der Waals surface area contributed by atoms with E-state index < -0.39 is 0 Å². The lowest BCUT2D eigenvalue weighted by Gasteiger charge is -2.05. The third-order valence-corrected chi connectivity index (χ3v) is 4.52. The summed E-state index contributed by atoms with van der Waals surface area (Å²) in [6.45, 7) is 2.72. The van der Waals surface area contributed by atoms with Crippen molar-refractivity contribution in [3.05, 3.63) is 11.9 Å². The highest BCUT2D eigenvalue weighted by Gasteiger charge is 2.55. The average molecular weight is 248 g/mol. The van der Waals surface area contributed by atoms with Crippen LogP contribution in [0, 0.1) is 17.8 Å². The number of methoxy groups -OCH3 is 1. The van der Waals surface area contributed by atoms with E-state index in [1.54, 1.807) is 18.0 Å². The van der Waals surface area contributed by atoms with Gasteiger partial charge < -0.3 is 4.74 Å². The summed E-state index contributed by atoms with van der Waals surface area (Å²) in [5.41, 5.74) is 0.680. The maximum atomic E-state index is 12.7.